The monoisotopic (exact) mass is 376 g/mol. The first-order valence-corrected chi connectivity index (χ1v) is 9.34. The van der Waals surface area contributed by atoms with Crippen LogP contribution in [0.3, 0.4) is 0 Å². The number of hydrogen-bond donors (Lipinski definition) is 1. The number of nitrogens with zero attached hydrogens (tertiary/aromatic N) is 1. The highest BCUT2D eigenvalue weighted by molar-refractivity contribution is 6.30. The van der Waals surface area contributed by atoms with E-state index in [0.29, 0.717) is 17.3 Å². The number of carbonyl (C=O) groups is 1. The van der Waals surface area contributed by atoms with Crippen LogP contribution in [0, 0.1) is 0 Å². The smallest absolute Gasteiger partial charge is 0.263 e. The van der Waals surface area contributed by atoms with Gasteiger partial charge < -0.3 is 14.5 Å². The highest BCUT2D eigenvalue weighted by Gasteiger charge is 2.32. The third-order valence-corrected chi connectivity index (χ3v) is 4.89. The van der Waals surface area contributed by atoms with Gasteiger partial charge in [-0.05, 0) is 76.2 Å². The Morgan fingerprint density at radius 3 is 2.58 bits per heavy atom. The maximum Gasteiger partial charge on any atom is 0.263 e. The molecule has 0 unspecified atom stereocenters. The molecule has 140 valence electrons. The van der Waals surface area contributed by atoms with Crippen molar-refractivity contribution in [3.05, 3.63) is 53.4 Å². The molecule has 1 aliphatic heterocycles. The van der Waals surface area contributed by atoms with Crippen LogP contribution < -0.4 is 10.1 Å². The Morgan fingerprint density at radius 1 is 1.27 bits per heavy atom. The molecule has 1 atom stereocenters. The van der Waals surface area contributed by atoms with Crippen LogP contribution in [-0.4, -0.2) is 36.0 Å². The molecule has 0 spiro atoms. The van der Waals surface area contributed by atoms with Gasteiger partial charge in [0.05, 0.1) is 12.3 Å². The van der Waals surface area contributed by atoms with Crippen molar-refractivity contribution in [2.45, 2.75) is 38.3 Å². The minimum absolute atomic E-state index is 0.0442. The van der Waals surface area contributed by atoms with E-state index in [1.807, 2.05) is 12.1 Å². The maximum absolute atomic E-state index is 12.7. The summed E-state index contributed by atoms with van der Waals surface area (Å²) < 4.78 is 11.5. The molecule has 1 saturated heterocycles. The van der Waals surface area contributed by atoms with Gasteiger partial charge in [-0.1, -0.05) is 11.6 Å². The van der Waals surface area contributed by atoms with Crippen molar-refractivity contribution in [1.82, 2.24) is 10.2 Å². The van der Waals surface area contributed by atoms with E-state index >= 15 is 0 Å². The second-order valence-corrected chi connectivity index (χ2v) is 7.49. The molecule has 0 radical (unpaired) electrons. The number of halogens is 1. The van der Waals surface area contributed by atoms with Crippen LogP contribution in [0.2, 0.25) is 5.02 Å². The van der Waals surface area contributed by atoms with Crippen molar-refractivity contribution in [2.24, 2.45) is 0 Å². The summed E-state index contributed by atoms with van der Waals surface area (Å²) in [5.74, 6) is 1.32. The molecular weight excluding hydrogens is 352 g/mol. The Balaban J connectivity index is 1.62. The van der Waals surface area contributed by atoms with Crippen LogP contribution in [0.15, 0.2) is 47.1 Å². The van der Waals surface area contributed by atoms with Gasteiger partial charge in [-0.3, -0.25) is 9.69 Å². The summed E-state index contributed by atoms with van der Waals surface area (Å²) in [5.41, 5.74) is -0.993. The molecule has 1 fully saturated rings. The Hall–Kier alpha value is -1.98. The van der Waals surface area contributed by atoms with E-state index in [2.05, 4.69) is 10.2 Å². The van der Waals surface area contributed by atoms with Gasteiger partial charge in [0.25, 0.3) is 5.91 Å². The summed E-state index contributed by atoms with van der Waals surface area (Å²) in [6, 6.07) is 10.9. The Morgan fingerprint density at radius 2 is 1.96 bits per heavy atom. The number of likely N-dealkylation sites (tertiary alicyclic amines) is 1. The van der Waals surface area contributed by atoms with Crippen LogP contribution in [0.4, 0.5) is 0 Å². The number of nitrogens with one attached hydrogen (secondary N) is 1. The quantitative estimate of drug-likeness (QED) is 0.792. The molecule has 26 heavy (non-hydrogen) atoms. The lowest BCUT2D eigenvalue weighted by Gasteiger charge is -2.29. The van der Waals surface area contributed by atoms with Crippen LogP contribution in [0.1, 0.15) is 38.5 Å². The summed E-state index contributed by atoms with van der Waals surface area (Å²) in [5, 5.41) is 3.66. The number of benzene rings is 1. The lowest BCUT2D eigenvalue weighted by Crippen LogP contribution is -2.48. The SMILES string of the molecule is CC(C)(Oc1ccc(Cl)cc1)C(=O)NC[C@H](c1ccco1)N1CCCC1. The predicted molar refractivity (Wildman–Crippen MR) is 101 cm³/mol. The van der Waals surface area contributed by atoms with E-state index < -0.39 is 5.60 Å². The topological polar surface area (TPSA) is 54.7 Å². The van der Waals surface area contributed by atoms with Gasteiger partial charge in [-0.2, -0.15) is 0 Å². The fraction of sp³-hybridized carbons (Fsp3) is 0.450. The molecule has 0 bridgehead atoms. The number of furan rings is 1. The number of carbonyl (C=O) groups excluding carboxylic acids is 1. The third kappa shape index (κ3) is 4.59. The lowest BCUT2D eigenvalue weighted by atomic mass is 10.1. The Bertz CT molecular complexity index is 707. The van der Waals surface area contributed by atoms with Gasteiger partial charge in [0, 0.05) is 11.6 Å². The zero-order valence-electron chi connectivity index (χ0n) is 15.2. The normalized spacial score (nSPS) is 16.4. The third-order valence-electron chi connectivity index (χ3n) is 4.64. The number of hydrogen-bond acceptors (Lipinski definition) is 4. The van der Waals surface area contributed by atoms with E-state index in [0.717, 1.165) is 18.8 Å². The van der Waals surface area contributed by atoms with Gasteiger partial charge in [0.2, 0.25) is 0 Å². The average Bonchev–Trinajstić information content (AvgIpc) is 3.31. The highest BCUT2D eigenvalue weighted by Crippen LogP contribution is 2.26. The first kappa shape index (κ1) is 18.8. The minimum Gasteiger partial charge on any atom is -0.478 e. The molecule has 6 heteroatoms. The number of amides is 1. The van der Waals surface area contributed by atoms with Crippen molar-refractivity contribution >= 4 is 17.5 Å². The van der Waals surface area contributed by atoms with Gasteiger partial charge in [0.1, 0.15) is 11.5 Å². The Kier molecular flexibility index (Phi) is 5.89. The van der Waals surface area contributed by atoms with Crippen molar-refractivity contribution in [2.75, 3.05) is 19.6 Å². The molecule has 5 nitrogen and oxygen atoms in total. The molecule has 3 rings (SSSR count). The van der Waals surface area contributed by atoms with Crippen molar-refractivity contribution in [1.29, 1.82) is 0 Å². The van der Waals surface area contributed by atoms with Crippen molar-refractivity contribution in [3.63, 3.8) is 0 Å². The van der Waals surface area contributed by atoms with Crippen molar-refractivity contribution < 1.29 is 13.9 Å². The van der Waals surface area contributed by atoms with Crippen LogP contribution in [0.5, 0.6) is 5.75 Å². The fourth-order valence-electron chi connectivity index (χ4n) is 3.19. The fourth-order valence-corrected chi connectivity index (χ4v) is 3.32. The van der Waals surface area contributed by atoms with Gasteiger partial charge in [0.15, 0.2) is 5.60 Å². The van der Waals surface area contributed by atoms with E-state index in [9.17, 15) is 4.79 Å². The standard InChI is InChI=1S/C20H25ClN2O3/c1-20(2,26-16-9-7-15(21)8-10-16)19(24)22-14-17(18-6-5-13-25-18)23-11-3-4-12-23/h5-10,13,17H,3-4,11-12,14H2,1-2H3,(H,22,24)/t17-/m1/s1. The molecule has 1 aromatic heterocycles. The molecule has 1 amide bonds. The maximum atomic E-state index is 12.7. The summed E-state index contributed by atoms with van der Waals surface area (Å²) in [6.45, 7) is 6.04. The van der Waals surface area contributed by atoms with Crippen LogP contribution >= 0.6 is 11.6 Å². The molecule has 1 N–H and O–H groups in total. The second kappa shape index (κ2) is 8.14. The lowest BCUT2D eigenvalue weighted by molar-refractivity contribution is -0.134. The summed E-state index contributed by atoms with van der Waals surface area (Å²) in [4.78, 5) is 15.1. The first-order valence-electron chi connectivity index (χ1n) is 8.96. The molecule has 0 saturated carbocycles. The van der Waals surface area contributed by atoms with Gasteiger partial charge >= 0.3 is 0 Å². The van der Waals surface area contributed by atoms with E-state index in [-0.39, 0.29) is 11.9 Å². The molecule has 2 heterocycles. The van der Waals surface area contributed by atoms with Crippen molar-refractivity contribution in [3.8, 4) is 5.75 Å². The van der Waals surface area contributed by atoms with E-state index in [1.165, 1.54) is 12.8 Å². The highest BCUT2D eigenvalue weighted by atomic mass is 35.5. The molecule has 0 aliphatic carbocycles. The van der Waals surface area contributed by atoms with E-state index in [4.69, 9.17) is 20.8 Å². The molecule has 1 aliphatic rings. The zero-order valence-corrected chi connectivity index (χ0v) is 16.0. The molecule has 1 aromatic carbocycles. The van der Waals surface area contributed by atoms with Crippen LogP contribution in [-0.2, 0) is 4.79 Å². The summed E-state index contributed by atoms with van der Waals surface area (Å²) in [7, 11) is 0. The number of ether oxygens (including phenoxy) is 1. The van der Waals surface area contributed by atoms with E-state index in [1.54, 1.807) is 44.4 Å². The Labute approximate surface area is 159 Å². The second-order valence-electron chi connectivity index (χ2n) is 7.05. The predicted octanol–water partition coefficient (Wildman–Crippen LogP) is 4.04. The van der Waals surface area contributed by atoms with Gasteiger partial charge in [-0.15, -0.1) is 0 Å². The average molecular weight is 377 g/mol. The van der Waals surface area contributed by atoms with Crippen LogP contribution in [0.25, 0.3) is 0 Å². The largest absolute Gasteiger partial charge is 0.478 e. The zero-order chi connectivity index (χ0) is 18.6. The minimum atomic E-state index is -0.993. The summed E-state index contributed by atoms with van der Waals surface area (Å²) >= 11 is 5.89. The summed E-state index contributed by atoms with van der Waals surface area (Å²) in [6.07, 6.45) is 4.03. The first-order chi connectivity index (χ1) is 12.5. The number of rotatable bonds is 7. The molecule has 2 aromatic rings. The molecular formula is C20H25ClN2O3. The van der Waals surface area contributed by atoms with Gasteiger partial charge in [-0.25, -0.2) is 0 Å².